The van der Waals surface area contributed by atoms with Crippen molar-refractivity contribution in [3.63, 3.8) is 0 Å². The minimum Gasteiger partial charge on any atom is -0.340 e. The molecule has 0 aliphatic carbocycles. The number of anilines is 1. The van der Waals surface area contributed by atoms with Crippen molar-refractivity contribution in [1.29, 1.82) is 0 Å². The second-order valence-electron chi connectivity index (χ2n) is 4.06. The largest absolute Gasteiger partial charge is 0.340 e. The fourth-order valence-corrected chi connectivity index (χ4v) is 1.99. The quantitative estimate of drug-likeness (QED) is 0.773. The van der Waals surface area contributed by atoms with Crippen LogP contribution in [0, 0.1) is 0 Å². The van der Waals surface area contributed by atoms with Crippen molar-refractivity contribution in [1.82, 2.24) is 14.3 Å². The zero-order valence-corrected chi connectivity index (χ0v) is 10.9. The highest BCUT2D eigenvalue weighted by atomic mass is 16.5. The molecule has 7 heteroatoms. The monoisotopic (exact) mass is 252 g/mol. The molecule has 2 aromatic rings. The van der Waals surface area contributed by atoms with Crippen LogP contribution in [0.3, 0.4) is 0 Å². The maximum Gasteiger partial charge on any atom is 0.332 e. The van der Waals surface area contributed by atoms with Gasteiger partial charge in [0, 0.05) is 27.2 Å². The predicted octanol–water partition coefficient (Wildman–Crippen LogP) is 0.0714. The molecule has 0 saturated heterocycles. The predicted molar refractivity (Wildman–Crippen MR) is 68.1 cm³/mol. The van der Waals surface area contributed by atoms with Crippen LogP contribution in [-0.2, 0) is 14.1 Å². The van der Waals surface area contributed by atoms with Crippen LogP contribution in [0.15, 0.2) is 14.1 Å². The molecule has 0 bridgehead atoms. The Balaban J connectivity index is 2.90. The van der Waals surface area contributed by atoms with E-state index in [1.165, 1.54) is 11.6 Å². The van der Waals surface area contributed by atoms with E-state index in [1.54, 1.807) is 7.05 Å². The fourth-order valence-electron chi connectivity index (χ4n) is 1.99. The van der Waals surface area contributed by atoms with E-state index >= 15 is 0 Å². The van der Waals surface area contributed by atoms with E-state index in [1.807, 2.05) is 18.7 Å². The van der Waals surface area contributed by atoms with Gasteiger partial charge in [0.2, 0.25) is 5.88 Å². The van der Waals surface area contributed by atoms with Gasteiger partial charge in [0.15, 0.2) is 5.65 Å². The molecule has 98 valence electrons. The van der Waals surface area contributed by atoms with Crippen molar-refractivity contribution in [2.45, 2.75) is 13.8 Å². The van der Waals surface area contributed by atoms with Crippen LogP contribution < -0.4 is 16.1 Å². The lowest BCUT2D eigenvalue weighted by Crippen LogP contribution is -2.37. The van der Waals surface area contributed by atoms with Gasteiger partial charge in [0.25, 0.3) is 5.56 Å². The Hall–Kier alpha value is -2.05. The summed E-state index contributed by atoms with van der Waals surface area (Å²) >= 11 is 0. The number of nitrogens with zero attached hydrogens (tertiary/aromatic N) is 4. The fraction of sp³-hybridized carbons (Fsp3) is 0.545. The standard InChI is InChI=1S/C11H16N4O3/c1-5-15(6-2)10-7-8(12-18-10)13(3)11(17)14(4)9(7)16/h5-6H2,1-4H3. The van der Waals surface area contributed by atoms with Crippen LogP contribution in [0.5, 0.6) is 0 Å². The van der Waals surface area contributed by atoms with Gasteiger partial charge in [0.1, 0.15) is 5.39 Å². The van der Waals surface area contributed by atoms with Crippen molar-refractivity contribution in [3.8, 4) is 0 Å². The summed E-state index contributed by atoms with van der Waals surface area (Å²) in [6.45, 7) is 5.33. The summed E-state index contributed by atoms with van der Waals surface area (Å²) in [5.41, 5.74) is -0.506. The lowest BCUT2D eigenvalue weighted by atomic mass is 10.3. The molecule has 0 radical (unpaired) electrons. The van der Waals surface area contributed by atoms with Crippen molar-refractivity contribution in [3.05, 3.63) is 20.8 Å². The maximum absolute atomic E-state index is 12.1. The van der Waals surface area contributed by atoms with E-state index in [0.717, 1.165) is 4.57 Å². The molecule has 0 amide bonds. The van der Waals surface area contributed by atoms with Gasteiger partial charge in [-0.25, -0.2) is 4.79 Å². The summed E-state index contributed by atoms with van der Waals surface area (Å²) in [5.74, 6) is 0.422. The highest BCUT2D eigenvalue weighted by molar-refractivity contribution is 5.85. The minimum atomic E-state index is -0.410. The Morgan fingerprint density at radius 1 is 1.17 bits per heavy atom. The maximum atomic E-state index is 12.1. The molecule has 0 N–H and O–H groups in total. The summed E-state index contributed by atoms with van der Waals surface area (Å²) in [6, 6.07) is 0. The molecule has 0 unspecified atom stereocenters. The topological polar surface area (TPSA) is 73.3 Å². The van der Waals surface area contributed by atoms with Crippen LogP contribution in [0.4, 0.5) is 5.88 Å². The van der Waals surface area contributed by atoms with Crippen molar-refractivity contribution < 1.29 is 4.52 Å². The molecule has 0 aliphatic rings. The zero-order valence-electron chi connectivity index (χ0n) is 10.9. The third-order valence-electron chi connectivity index (χ3n) is 3.12. The molecular weight excluding hydrogens is 236 g/mol. The van der Waals surface area contributed by atoms with Gasteiger partial charge >= 0.3 is 5.69 Å². The smallest absolute Gasteiger partial charge is 0.332 e. The van der Waals surface area contributed by atoms with Crippen molar-refractivity contribution in [2.24, 2.45) is 14.1 Å². The van der Waals surface area contributed by atoms with E-state index in [4.69, 9.17) is 4.52 Å². The lowest BCUT2D eigenvalue weighted by molar-refractivity contribution is 0.422. The van der Waals surface area contributed by atoms with Crippen molar-refractivity contribution >= 4 is 16.9 Å². The van der Waals surface area contributed by atoms with Gasteiger partial charge in [-0.3, -0.25) is 13.9 Å². The molecule has 0 fully saturated rings. The molecule has 7 nitrogen and oxygen atoms in total. The summed E-state index contributed by atoms with van der Waals surface area (Å²) in [4.78, 5) is 25.8. The number of hydrogen-bond acceptors (Lipinski definition) is 5. The van der Waals surface area contributed by atoms with E-state index in [9.17, 15) is 9.59 Å². The third kappa shape index (κ3) is 1.54. The summed E-state index contributed by atoms with van der Waals surface area (Å²) < 4.78 is 7.61. The highest BCUT2D eigenvalue weighted by Crippen LogP contribution is 2.22. The van der Waals surface area contributed by atoms with E-state index < -0.39 is 5.69 Å². The first-order valence-electron chi connectivity index (χ1n) is 5.83. The Bertz CT molecular complexity index is 691. The van der Waals surface area contributed by atoms with Gasteiger partial charge in [-0.05, 0) is 13.8 Å². The normalized spacial score (nSPS) is 11.1. The Morgan fingerprint density at radius 3 is 2.33 bits per heavy atom. The summed E-state index contributed by atoms with van der Waals surface area (Å²) in [5, 5.41) is 4.18. The molecule has 2 aromatic heterocycles. The highest BCUT2D eigenvalue weighted by Gasteiger charge is 2.20. The second kappa shape index (κ2) is 4.32. The van der Waals surface area contributed by atoms with Gasteiger partial charge in [0.05, 0.1) is 0 Å². The SMILES string of the molecule is CCN(CC)c1onc2c1c(=O)n(C)c(=O)n2C. The van der Waals surface area contributed by atoms with Gasteiger partial charge in [-0.15, -0.1) is 0 Å². The molecule has 0 aromatic carbocycles. The number of aromatic nitrogens is 3. The number of fused-ring (bicyclic) bond motifs is 1. The number of aryl methyl sites for hydroxylation is 1. The van der Waals surface area contributed by atoms with Gasteiger partial charge in [-0.1, -0.05) is 5.16 Å². The van der Waals surface area contributed by atoms with E-state index in [0.29, 0.717) is 24.4 Å². The average Bonchev–Trinajstić information content (AvgIpc) is 2.80. The molecule has 0 atom stereocenters. The van der Waals surface area contributed by atoms with E-state index in [-0.39, 0.29) is 11.2 Å². The lowest BCUT2D eigenvalue weighted by Gasteiger charge is -2.16. The van der Waals surface area contributed by atoms with Gasteiger partial charge < -0.3 is 9.42 Å². The average molecular weight is 252 g/mol. The molecule has 0 spiro atoms. The summed E-state index contributed by atoms with van der Waals surface area (Å²) in [7, 11) is 3.02. The van der Waals surface area contributed by atoms with E-state index in [2.05, 4.69) is 5.16 Å². The summed E-state index contributed by atoms with van der Waals surface area (Å²) in [6.07, 6.45) is 0. The molecule has 0 aliphatic heterocycles. The van der Waals surface area contributed by atoms with Crippen LogP contribution >= 0.6 is 0 Å². The number of hydrogen-bond donors (Lipinski definition) is 0. The first kappa shape index (κ1) is 12.4. The Morgan fingerprint density at radius 2 is 1.78 bits per heavy atom. The van der Waals surface area contributed by atoms with Crippen molar-refractivity contribution in [2.75, 3.05) is 18.0 Å². The first-order chi connectivity index (χ1) is 8.52. The number of rotatable bonds is 3. The van der Waals surface area contributed by atoms with Crippen LogP contribution in [0.1, 0.15) is 13.8 Å². The Labute approximate surface area is 103 Å². The second-order valence-corrected chi connectivity index (χ2v) is 4.06. The zero-order chi connectivity index (χ0) is 13.4. The molecule has 2 rings (SSSR count). The molecule has 0 saturated carbocycles. The van der Waals surface area contributed by atoms with Crippen LogP contribution in [0.25, 0.3) is 11.0 Å². The van der Waals surface area contributed by atoms with Crippen LogP contribution in [0.2, 0.25) is 0 Å². The molecule has 2 heterocycles. The third-order valence-corrected chi connectivity index (χ3v) is 3.12. The molecular formula is C11H16N4O3. The van der Waals surface area contributed by atoms with Gasteiger partial charge in [-0.2, -0.15) is 0 Å². The minimum absolute atomic E-state index is 0.282. The van der Waals surface area contributed by atoms with Crippen LogP contribution in [-0.4, -0.2) is 27.4 Å². The Kier molecular flexibility index (Phi) is 2.98. The molecule has 18 heavy (non-hydrogen) atoms. The first-order valence-corrected chi connectivity index (χ1v) is 5.83.